The van der Waals surface area contributed by atoms with Crippen LogP contribution in [-0.2, 0) is 14.4 Å². The number of thiocarbonyl (C=S) groups is 1. The van der Waals surface area contributed by atoms with E-state index >= 15 is 0 Å². The molecule has 1 aliphatic heterocycles. The van der Waals surface area contributed by atoms with Crippen molar-refractivity contribution in [3.63, 3.8) is 0 Å². The number of allylic oxidation sites excluding steroid dienone is 2. The second kappa shape index (κ2) is 9.88. The lowest BCUT2D eigenvalue weighted by atomic mass is 10.2. The Hall–Kier alpha value is -2.45. The van der Waals surface area contributed by atoms with Crippen LogP contribution in [0.1, 0.15) is 18.4 Å². The van der Waals surface area contributed by atoms with Crippen LogP contribution in [0.3, 0.4) is 0 Å². The molecule has 1 aliphatic rings. The summed E-state index contributed by atoms with van der Waals surface area (Å²) in [6.45, 7) is 0.236. The first-order valence-corrected chi connectivity index (χ1v) is 9.15. The molecule has 1 heterocycles. The van der Waals surface area contributed by atoms with Crippen LogP contribution < -0.4 is 5.32 Å². The molecule has 0 spiro atoms. The van der Waals surface area contributed by atoms with Crippen molar-refractivity contribution in [2.24, 2.45) is 0 Å². The Morgan fingerprint density at radius 2 is 1.96 bits per heavy atom. The predicted octanol–water partition coefficient (Wildman–Crippen LogP) is 2.43. The number of nitrogens with zero attached hydrogens (tertiary/aromatic N) is 1. The molecule has 0 atom stereocenters. The highest BCUT2D eigenvalue weighted by Crippen LogP contribution is 2.31. The van der Waals surface area contributed by atoms with Gasteiger partial charge in [-0.25, -0.2) is 0 Å². The molecule has 0 radical (unpaired) electrons. The molecule has 0 unspecified atom stereocenters. The maximum absolute atomic E-state index is 12.4. The molecule has 0 aromatic heterocycles. The SMILES string of the molecule is O=C(O)CCNC(=O)CCN1C(=O)/C(=C\C=C\c2ccccc2)SC1=S. The van der Waals surface area contributed by atoms with Crippen LogP contribution in [0.4, 0.5) is 0 Å². The molecule has 1 aromatic rings. The van der Waals surface area contributed by atoms with Crippen molar-refractivity contribution in [3.05, 3.63) is 53.0 Å². The van der Waals surface area contributed by atoms with E-state index in [9.17, 15) is 14.4 Å². The number of aliphatic carboxylic acids is 1. The molecule has 0 bridgehead atoms. The minimum atomic E-state index is -0.976. The first-order valence-electron chi connectivity index (χ1n) is 7.93. The molecule has 0 saturated carbocycles. The molecule has 2 amide bonds. The van der Waals surface area contributed by atoms with Gasteiger partial charge in [-0.1, -0.05) is 66.5 Å². The van der Waals surface area contributed by atoms with Gasteiger partial charge < -0.3 is 10.4 Å². The summed E-state index contributed by atoms with van der Waals surface area (Å²) in [5.74, 6) is -1.51. The number of carbonyl (C=O) groups excluding carboxylic acids is 2. The van der Waals surface area contributed by atoms with E-state index in [-0.39, 0.29) is 37.7 Å². The quantitative estimate of drug-likeness (QED) is 0.524. The summed E-state index contributed by atoms with van der Waals surface area (Å²) in [5.41, 5.74) is 1.03. The zero-order chi connectivity index (χ0) is 18.9. The molecule has 2 N–H and O–H groups in total. The Morgan fingerprint density at radius 3 is 2.65 bits per heavy atom. The van der Waals surface area contributed by atoms with Crippen LogP contribution in [0, 0.1) is 0 Å². The first kappa shape index (κ1) is 19.9. The topological polar surface area (TPSA) is 86.7 Å². The number of benzene rings is 1. The Kier molecular flexibility index (Phi) is 7.55. The van der Waals surface area contributed by atoms with Gasteiger partial charge in [0.05, 0.1) is 11.3 Å². The number of carboxylic acids is 1. The molecule has 1 aromatic carbocycles. The number of carboxylic acid groups (broad SMARTS) is 1. The van der Waals surface area contributed by atoms with Crippen molar-refractivity contribution in [2.75, 3.05) is 13.1 Å². The Labute approximate surface area is 160 Å². The molecule has 2 rings (SSSR count). The average Bonchev–Trinajstić information content (AvgIpc) is 2.87. The summed E-state index contributed by atoms with van der Waals surface area (Å²) in [6.07, 6.45) is 5.32. The molecule has 6 nitrogen and oxygen atoms in total. The van der Waals surface area contributed by atoms with Crippen molar-refractivity contribution < 1.29 is 19.5 Å². The highest BCUT2D eigenvalue weighted by molar-refractivity contribution is 8.26. The summed E-state index contributed by atoms with van der Waals surface area (Å²) in [4.78, 5) is 36.4. The standard InChI is InChI=1S/C18H18N2O4S2/c21-15(19-11-9-16(22)23)10-12-20-17(24)14(26-18(20)25)8-4-7-13-5-2-1-3-6-13/h1-8H,9-12H2,(H,19,21)(H,22,23)/b7-4+,14-8+. The average molecular weight is 390 g/mol. The number of hydrogen-bond acceptors (Lipinski definition) is 5. The van der Waals surface area contributed by atoms with Crippen molar-refractivity contribution in [1.29, 1.82) is 0 Å². The van der Waals surface area contributed by atoms with Crippen molar-refractivity contribution in [1.82, 2.24) is 10.2 Å². The van der Waals surface area contributed by atoms with Gasteiger partial charge in [0.1, 0.15) is 4.32 Å². The Bertz CT molecular complexity index is 760. The smallest absolute Gasteiger partial charge is 0.305 e. The zero-order valence-corrected chi connectivity index (χ0v) is 15.5. The van der Waals surface area contributed by atoms with Gasteiger partial charge in [0.25, 0.3) is 5.91 Å². The van der Waals surface area contributed by atoms with Crippen LogP contribution >= 0.6 is 24.0 Å². The normalized spacial score (nSPS) is 15.8. The van der Waals surface area contributed by atoms with E-state index in [1.54, 1.807) is 12.2 Å². The highest BCUT2D eigenvalue weighted by Gasteiger charge is 2.31. The molecular weight excluding hydrogens is 372 g/mol. The number of rotatable bonds is 8. The maximum atomic E-state index is 12.4. The third-order valence-electron chi connectivity index (χ3n) is 3.43. The van der Waals surface area contributed by atoms with Crippen molar-refractivity contribution in [2.45, 2.75) is 12.8 Å². The van der Waals surface area contributed by atoms with E-state index in [1.165, 1.54) is 16.7 Å². The van der Waals surface area contributed by atoms with Gasteiger partial charge in [0.15, 0.2) is 0 Å². The zero-order valence-electron chi connectivity index (χ0n) is 13.9. The van der Waals surface area contributed by atoms with Gasteiger partial charge in [-0.3, -0.25) is 19.3 Å². The molecule has 8 heteroatoms. The number of carbonyl (C=O) groups is 3. The minimum Gasteiger partial charge on any atom is -0.481 e. The Morgan fingerprint density at radius 1 is 1.23 bits per heavy atom. The summed E-state index contributed by atoms with van der Waals surface area (Å²) in [7, 11) is 0. The van der Waals surface area contributed by atoms with Crippen LogP contribution in [0.5, 0.6) is 0 Å². The van der Waals surface area contributed by atoms with Crippen LogP contribution in [0.25, 0.3) is 6.08 Å². The first-order chi connectivity index (χ1) is 12.5. The molecule has 26 heavy (non-hydrogen) atoms. The molecule has 136 valence electrons. The van der Waals surface area contributed by atoms with E-state index in [1.807, 2.05) is 36.4 Å². The summed E-state index contributed by atoms with van der Waals surface area (Å²) in [5, 5.41) is 11.0. The second-order valence-corrected chi connectivity index (χ2v) is 7.04. The van der Waals surface area contributed by atoms with E-state index in [0.717, 1.165) is 5.56 Å². The number of amides is 2. The molecular formula is C18H18N2O4S2. The van der Waals surface area contributed by atoms with Crippen LogP contribution in [0.15, 0.2) is 47.4 Å². The number of thioether (sulfide) groups is 1. The van der Waals surface area contributed by atoms with E-state index < -0.39 is 5.97 Å². The molecule has 0 aliphatic carbocycles. The van der Waals surface area contributed by atoms with Crippen LogP contribution in [0.2, 0.25) is 0 Å². The number of nitrogens with one attached hydrogen (secondary N) is 1. The minimum absolute atomic E-state index is 0.0662. The molecule has 1 saturated heterocycles. The lowest BCUT2D eigenvalue weighted by Crippen LogP contribution is -2.34. The predicted molar refractivity (Wildman–Crippen MR) is 105 cm³/mol. The van der Waals surface area contributed by atoms with Gasteiger partial charge in [0.2, 0.25) is 5.91 Å². The van der Waals surface area contributed by atoms with Crippen molar-refractivity contribution in [3.8, 4) is 0 Å². The maximum Gasteiger partial charge on any atom is 0.305 e. The molecule has 1 fully saturated rings. The van der Waals surface area contributed by atoms with Gasteiger partial charge in [-0.15, -0.1) is 0 Å². The fourth-order valence-electron chi connectivity index (χ4n) is 2.13. The van der Waals surface area contributed by atoms with Gasteiger partial charge in [0, 0.05) is 19.5 Å². The van der Waals surface area contributed by atoms with Crippen LogP contribution in [-0.4, -0.2) is 45.2 Å². The Balaban J connectivity index is 1.86. The lowest BCUT2D eigenvalue weighted by molar-refractivity contribution is -0.136. The third-order valence-corrected chi connectivity index (χ3v) is 4.83. The number of hydrogen-bond donors (Lipinski definition) is 2. The summed E-state index contributed by atoms with van der Waals surface area (Å²) in [6, 6.07) is 9.71. The van der Waals surface area contributed by atoms with E-state index in [0.29, 0.717) is 9.23 Å². The van der Waals surface area contributed by atoms with E-state index in [4.69, 9.17) is 17.3 Å². The van der Waals surface area contributed by atoms with E-state index in [2.05, 4.69) is 5.32 Å². The summed E-state index contributed by atoms with van der Waals surface area (Å²) < 4.78 is 0.410. The highest BCUT2D eigenvalue weighted by atomic mass is 32.2. The van der Waals surface area contributed by atoms with Gasteiger partial charge >= 0.3 is 5.97 Å². The largest absolute Gasteiger partial charge is 0.481 e. The fourth-order valence-corrected chi connectivity index (χ4v) is 3.39. The summed E-state index contributed by atoms with van der Waals surface area (Å²) >= 11 is 6.40. The fraction of sp³-hybridized carbons (Fsp3) is 0.222. The third kappa shape index (κ3) is 6.12. The lowest BCUT2D eigenvalue weighted by Gasteiger charge is -2.13. The van der Waals surface area contributed by atoms with Gasteiger partial charge in [-0.2, -0.15) is 0 Å². The van der Waals surface area contributed by atoms with Gasteiger partial charge in [-0.05, 0) is 11.6 Å². The monoisotopic (exact) mass is 390 g/mol. The van der Waals surface area contributed by atoms with Crippen molar-refractivity contribution >= 4 is 52.2 Å². The second-order valence-electron chi connectivity index (χ2n) is 5.37.